The summed E-state index contributed by atoms with van der Waals surface area (Å²) in [4.78, 5) is 23.4. The number of benzene rings is 1. The molecule has 288 valence electrons. The van der Waals surface area contributed by atoms with Crippen LogP contribution < -0.4 is 16.4 Å². The number of carbonyl (C=O) groups excluding carboxylic acids is 1. The Labute approximate surface area is 332 Å². The van der Waals surface area contributed by atoms with Crippen LogP contribution in [0, 0.1) is 58.2 Å². The normalized spacial score (nSPS) is 31.4. The Morgan fingerprint density at radius 2 is 2.00 bits per heavy atom. The third kappa shape index (κ3) is 6.80. The van der Waals surface area contributed by atoms with Gasteiger partial charge in [0.1, 0.15) is 5.75 Å². The molecule has 9 atom stereocenters. The lowest BCUT2D eigenvalue weighted by Crippen LogP contribution is -2.50. The summed E-state index contributed by atoms with van der Waals surface area (Å²) >= 11 is 3.26. The SMILES string of the molecule is CC#Cc1ccc(-c2ccc(C(=O)[C@H]3CC[C@H]4C[C@@]35C[C@@H](CC#Cc3c(cc(O)c6c3N[C@@H]([C@H](C)O)C=C6)C[C@@H]4NC(N)=NC)[C@]3(CCC[C@@H]3CO)C5)s2)s1. The minimum atomic E-state index is -0.635. The zero-order valence-corrected chi connectivity index (χ0v) is 33.6. The Morgan fingerprint density at radius 1 is 1.18 bits per heavy atom. The second-order valence-electron chi connectivity index (χ2n) is 16.7. The summed E-state index contributed by atoms with van der Waals surface area (Å²) in [5, 5.41) is 39.9. The van der Waals surface area contributed by atoms with E-state index in [2.05, 4.69) is 57.5 Å². The lowest BCUT2D eigenvalue weighted by Gasteiger charge is -2.48. The van der Waals surface area contributed by atoms with Crippen LogP contribution in [0.4, 0.5) is 5.69 Å². The van der Waals surface area contributed by atoms with Gasteiger partial charge in [-0.1, -0.05) is 36.3 Å². The van der Waals surface area contributed by atoms with E-state index in [4.69, 9.17) is 5.73 Å². The maximum absolute atomic E-state index is 15.0. The summed E-state index contributed by atoms with van der Waals surface area (Å²) in [6.45, 7) is 3.76. The first kappa shape index (κ1) is 37.8. The number of hydrogen-bond acceptors (Lipinski definition) is 8. The van der Waals surface area contributed by atoms with E-state index in [0.717, 1.165) is 87.7 Å². The highest BCUT2D eigenvalue weighted by atomic mass is 32.1. The van der Waals surface area contributed by atoms with E-state index in [9.17, 15) is 20.1 Å². The van der Waals surface area contributed by atoms with Crippen molar-refractivity contribution in [3.63, 3.8) is 0 Å². The van der Waals surface area contributed by atoms with Gasteiger partial charge in [-0.15, -0.1) is 28.6 Å². The number of thiophene rings is 2. The molecule has 1 aromatic carbocycles. The lowest BCUT2D eigenvalue weighted by atomic mass is 9.57. The molecule has 1 aliphatic heterocycles. The summed E-state index contributed by atoms with van der Waals surface area (Å²) in [6, 6.07) is 9.69. The maximum Gasteiger partial charge on any atom is 0.188 e. The largest absolute Gasteiger partial charge is 0.507 e. The predicted octanol–water partition coefficient (Wildman–Crippen LogP) is 7.42. The fraction of sp³-hybridized carbons (Fsp3) is 0.511. The molecule has 8 nitrogen and oxygen atoms in total. The summed E-state index contributed by atoms with van der Waals surface area (Å²) < 4.78 is 0. The Hall–Kier alpha value is -4.06. The maximum atomic E-state index is 15.0. The summed E-state index contributed by atoms with van der Waals surface area (Å²) in [5.41, 5.74) is 9.28. The van der Waals surface area contributed by atoms with E-state index in [0.29, 0.717) is 24.4 Å². The average Bonchev–Trinajstić information content (AvgIpc) is 3.99. The number of ketones is 1. The van der Waals surface area contributed by atoms with Crippen molar-refractivity contribution >= 4 is 46.2 Å². The van der Waals surface area contributed by atoms with Crippen molar-refractivity contribution in [3.8, 4) is 39.2 Å². The number of guanidine groups is 1. The van der Waals surface area contributed by atoms with E-state index in [1.165, 1.54) is 0 Å². The number of anilines is 1. The molecule has 2 aromatic heterocycles. The van der Waals surface area contributed by atoms with Crippen LogP contribution in [0.25, 0.3) is 15.8 Å². The summed E-state index contributed by atoms with van der Waals surface area (Å²) in [6.07, 6.45) is 11.8. The van der Waals surface area contributed by atoms with Gasteiger partial charge in [0.2, 0.25) is 0 Å². The van der Waals surface area contributed by atoms with Crippen LogP contribution in [0.3, 0.4) is 0 Å². The quantitative estimate of drug-likeness (QED) is 0.0663. The number of phenols is 1. The van der Waals surface area contributed by atoms with Crippen molar-refractivity contribution in [2.24, 2.45) is 45.2 Å². The molecule has 3 fully saturated rings. The lowest BCUT2D eigenvalue weighted by molar-refractivity contribution is 0.0241. The Balaban J connectivity index is 1.22. The number of nitrogens with one attached hydrogen (secondary N) is 2. The number of fused-ring (bicyclic) bond motifs is 6. The van der Waals surface area contributed by atoms with E-state index < -0.39 is 6.10 Å². The third-order valence-electron chi connectivity index (χ3n) is 13.7. The van der Waals surface area contributed by atoms with E-state index >= 15 is 0 Å². The molecule has 3 heterocycles. The summed E-state index contributed by atoms with van der Waals surface area (Å²) in [5.74, 6) is 14.6. The molecule has 10 heteroatoms. The van der Waals surface area contributed by atoms with Crippen molar-refractivity contribution in [2.45, 2.75) is 96.2 Å². The fourth-order valence-corrected chi connectivity index (χ4v) is 13.3. The first-order valence-electron chi connectivity index (χ1n) is 19.8. The first-order chi connectivity index (χ1) is 26.6. The van der Waals surface area contributed by atoms with Gasteiger partial charge in [-0.3, -0.25) is 9.79 Å². The molecule has 3 saturated carbocycles. The van der Waals surface area contributed by atoms with Gasteiger partial charge in [-0.2, -0.15) is 0 Å². The van der Waals surface area contributed by atoms with Gasteiger partial charge >= 0.3 is 0 Å². The number of rotatable bonds is 6. The second-order valence-corrected chi connectivity index (χ2v) is 18.8. The van der Waals surface area contributed by atoms with Gasteiger partial charge in [0.05, 0.1) is 33.2 Å². The van der Waals surface area contributed by atoms with Crippen LogP contribution in [-0.4, -0.2) is 58.9 Å². The minimum Gasteiger partial charge on any atom is -0.507 e. The monoisotopic (exact) mass is 776 g/mol. The smallest absolute Gasteiger partial charge is 0.188 e. The highest BCUT2D eigenvalue weighted by molar-refractivity contribution is 7.23. The molecule has 5 aliphatic rings. The number of nitrogens with zero attached hydrogens (tertiary/aromatic N) is 1. The highest BCUT2D eigenvalue weighted by Crippen LogP contribution is 2.69. The molecule has 8 rings (SSSR count). The van der Waals surface area contributed by atoms with Gasteiger partial charge in [0, 0.05) is 47.4 Å². The van der Waals surface area contributed by atoms with Crippen LogP contribution in [0.2, 0.25) is 0 Å². The number of hydrogen-bond donors (Lipinski definition) is 6. The van der Waals surface area contributed by atoms with Gasteiger partial charge in [0.25, 0.3) is 0 Å². The molecule has 3 aromatic rings. The number of Topliss-reactive ketones (excluding diaryl/α,β-unsaturated/α-hetero) is 1. The van der Waals surface area contributed by atoms with Gasteiger partial charge in [0.15, 0.2) is 11.7 Å². The number of carbonyl (C=O) groups is 1. The van der Waals surface area contributed by atoms with Gasteiger partial charge in [-0.25, -0.2) is 0 Å². The number of aliphatic hydroxyl groups is 2. The van der Waals surface area contributed by atoms with Gasteiger partial charge in [-0.05, 0) is 130 Å². The van der Waals surface area contributed by atoms with Crippen LogP contribution in [0.5, 0.6) is 5.75 Å². The molecule has 0 saturated heterocycles. The number of aliphatic hydroxyl groups excluding tert-OH is 2. The van der Waals surface area contributed by atoms with Crippen LogP contribution >= 0.6 is 22.7 Å². The fourth-order valence-electron chi connectivity index (χ4n) is 11.3. The summed E-state index contributed by atoms with van der Waals surface area (Å²) in [7, 11) is 1.69. The van der Waals surface area contributed by atoms with Crippen molar-refractivity contribution in [3.05, 3.63) is 62.9 Å². The van der Waals surface area contributed by atoms with E-state index in [1.807, 2.05) is 31.2 Å². The zero-order valence-electron chi connectivity index (χ0n) is 32.0. The van der Waals surface area contributed by atoms with Crippen molar-refractivity contribution in [1.29, 1.82) is 0 Å². The third-order valence-corrected chi connectivity index (χ3v) is 16.0. The molecular weight excluding hydrogens is 725 g/mol. The van der Waals surface area contributed by atoms with E-state index in [-0.39, 0.29) is 64.7 Å². The minimum absolute atomic E-state index is 0.0886. The molecule has 0 amide bonds. The highest BCUT2D eigenvalue weighted by Gasteiger charge is 2.63. The molecule has 4 aliphatic carbocycles. The molecule has 7 N–H and O–H groups in total. The molecule has 3 bridgehead atoms. The van der Waals surface area contributed by atoms with Gasteiger partial charge < -0.3 is 31.7 Å². The van der Waals surface area contributed by atoms with Crippen molar-refractivity contribution < 1.29 is 20.1 Å². The number of phenolic OH excluding ortho intramolecular Hbond substituents is 1. The van der Waals surface area contributed by atoms with E-state index in [1.54, 1.807) is 36.6 Å². The number of nitrogens with two attached hydrogens (primary N) is 1. The Kier molecular flexibility index (Phi) is 10.4. The Bertz CT molecular complexity index is 2160. The molecule has 0 radical (unpaired) electrons. The molecular formula is C45H52N4O4S2. The standard InChI is InChI=1S/C45H52N4O4S2/c1-4-7-31-12-16-38(54-31)39-17-18-40(55-39)42(53)34-14-11-27-22-44(34)23-29(45(25-44)19-6-9-30(45)24-50)8-5-10-32-28(20-36(27)49-43(46)47-3)21-37(52)33-13-15-35(26(2)51)48-41(32)33/h12-13,15-18,21,26-27,29-30,34-36,48,50-52H,6,8-9,11,14,19-20,22-25H2,1-3H3,(H3,46,47,49)/t26-,27-,29+,30+,34+,35+,36-,44-,45-/m0/s1. The zero-order chi connectivity index (χ0) is 38.5. The molecule has 2 spiro atoms. The predicted molar refractivity (Wildman–Crippen MR) is 223 cm³/mol. The topological polar surface area (TPSA) is 140 Å². The Morgan fingerprint density at radius 3 is 2.78 bits per heavy atom. The molecule has 55 heavy (non-hydrogen) atoms. The van der Waals surface area contributed by atoms with Crippen molar-refractivity contribution in [1.82, 2.24) is 5.32 Å². The van der Waals surface area contributed by atoms with Crippen LogP contribution in [-0.2, 0) is 6.42 Å². The number of aromatic hydroxyl groups is 1. The van der Waals surface area contributed by atoms with Crippen LogP contribution in [0.1, 0.15) is 103 Å². The van der Waals surface area contributed by atoms with Crippen LogP contribution in [0.15, 0.2) is 41.4 Å². The first-order valence-corrected chi connectivity index (χ1v) is 21.5. The average molecular weight is 777 g/mol. The second kappa shape index (κ2) is 15.1. The number of aliphatic imine (C=N–C) groups is 1. The molecule has 0 unspecified atom stereocenters. The van der Waals surface area contributed by atoms with Crippen molar-refractivity contribution in [2.75, 3.05) is 19.0 Å².